The third-order valence-corrected chi connectivity index (χ3v) is 7.32. The van der Waals surface area contributed by atoms with Crippen LogP contribution < -0.4 is 10.6 Å². The molecule has 0 bridgehead atoms. The first kappa shape index (κ1) is 15.4. The average molecular weight is 306 g/mol. The number of piperidine rings is 2. The van der Waals surface area contributed by atoms with Crippen LogP contribution in [0, 0.1) is 11.3 Å². The van der Waals surface area contributed by atoms with E-state index in [4.69, 9.17) is 4.74 Å². The van der Waals surface area contributed by atoms with E-state index >= 15 is 0 Å². The lowest BCUT2D eigenvalue weighted by atomic mass is 9.64. The monoisotopic (exact) mass is 306 g/mol. The topological polar surface area (TPSA) is 33.3 Å². The Morgan fingerprint density at radius 1 is 0.682 bits per heavy atom. The van der Waals surface area contributed by atoms with Gasteiger partial charge in [0.2, 0.25) is 0 Å². The summed E-state index contributed by atoms with van der Waals surface area (Å²) < 4.78 is 6.78. The third kappa shape index (κ3) is 3.09. The van der Waals surface area contributed by atoms with Gasteiger partial charge in [-0.05, 0) is 108 Å². The van der Waals surface area contributed by atoms with Crippen molar-refractivity contribution in [1.82, 2.24) is 10.6 Å². The molecule has 22 heavy (non-hydrogen) atoms. The molecule has 1 atom stereocenters. The fraction of sp³-hybridized carbons (Fsp3) is 1.00. The van der Waals surface area contributed by atoms with Crippen molar-refractivity contribution in [2.75, 3.05) is 26.2 Å². The van der Waals surface area contributed by atoms with Crippen molar-refractivity contribution in [3.8, 4) is 0 Å². The number of nitrogens with one attached hydrogen (secondary N) is 2. The van der Waals surface area contributed by atoms with Crippen molar-refractivity contribution < 1.29 is 4.74 Å². The highest BCUT2D eigenvalue weighted by atomic mass is 16.5. The van der Waals surface area contributed by atoms with E-state index in [0.717, 1.165) is 19.0 Å². The molecule has 2 spiro atoms. The summed E-state index contributed by atoms with van der Waals surface area (Å²) in [7, 11) is 0. The Bertz CT molecular complexity index is 356. The highest BCUT2D eigenvalue weighted by Crippen LogP contribution is 2.48. The molecule has 1 aliphatic carbocycles. The van der Waals surface area contributed by atoms with Crippen LogP contribution in [-0.4, -0.2) is 37.9 Å². The minimum Gasteiger partial charge on any atom is -0.371 e. The van der Waals surface area contributed by atoms with Crippen LogP contribution in [0.1, 0.15) is 70.6 Å². The number of hydrogen-bond acceptors (Lipinski definition) is 3. The van der Waals surface area contributed by atoms with Crippen molar-refractivity contribution in [2.24, 2.45) is 11.3 Å². The molecular weight excluding hydrogens is 272 g/mol. The Labute approximate surface area is 135 Å². The van der Waals surface area contributed by atoms with Crippen LogP contribution in [0.5, 0.6) is 0 Å². The molecule has 3 saturated heterocycles. The molecule has 4 rings (SSSR count). The molecule has 0 radical (unpaired) electrons. The molecule has 126 valence electrons. The highest BCUT2D eigenvalue weighted by molar-refractivity contribution is 4.95. The number of ether oxygens (including phenoxy) is 1. The van der Waals surface area contributed by atoms with E-state index in [9.17, 15) is 0 Å². The molecule has 0 amide bonds. The predicted octanol–water partition coefficient (Wildman–Crippen LogP) is 3.24. The van der Waals surface area contributed by atoms with E-state index in [0.29, 0.717) is 11.5 Å². The third-order valence-electron chi connectivity index (χ3n) is 7.32. The van der Waals surface area contributed by atoms with Crippen LogP contribution >= 0.6 is 0 Å². The summed E-state index contributed by atoms with van der Waals surface area (Å²) in [6.45, 7) is 4.82. The van der Waals surface area contributed by atoms with Gasteiger partial charge in [0, 0.05) is 0 Å². The zero-order valence-electron chi connectivity index (χ0n) is 14.2. The first-order valence-corrected chi connectivity index (χ1v) is 9.89. The van der Waals surface area contributed by atoms with Gasteiger partial charge < -0.3 is 15.4 Å². The SMILES string of the molecule is C1CC(C2CCC3(CCNCC3)CC2)OC2(C1)CCNCC2. The van der Waals surface area contributed by atoms with E-state index in [-0.39, 0.29) is 5.60 Å². The van der Waals surface area contributed by atoms with Crippen LogP contribution in [0.3, 0.4) is 0 Å². The molecule has 2 N–H and O–H groups in total. The molecule has 3 nitrogen and oxygen atoms in total. The second kappa shape index (κ2) is 6.41. The first-order chi connectivity index (χ1) is 10.8. The molecule has 4 fully saturated rings. The summed E-state index contributed by atoms with van der Waals surface area (Å²) in [5.41, 5.74) is 0.945. The van der Waals surface area contributed by atoms with Crippen LogP contribution in [0.15, 0.2) is 0 Å². The van der Waals surface area contributed by atoms with Crippen LogP contribution in [-0.2, 0) is 4.74 Å². The maximum absolute atomic E-state index is 6.78. The molecule has 1 saturated carbocycles. The average Bonchev–Trinajstić information content (AvgIpc) is 2.57. The molecular formula is C19H34N2O. The standard InChI is InChI=1S/C19H34N2O/c1-2-17(22-19(5-1)10-14-21-15-11-19)16-3-6-18(7-4-16)8-12-20-13-9-18/h16-17,20-21H,1-15H2. The first-order valence-electron chi connectivity index (χ1n) is 9.89. The van der Waals surface area contributed by atoms with Gasteiger partial charge in [0.25, 0.3) is 0 Å². The maximum Gasteiger partial charge on any atom is 0.0710 e. The minimum absolute atomic E-state index is 0.248. The van der Waals surface area contributed by atoms with Gasteiger partial charge in [0.05, 0.1) is 11.7 Å². The quantitative estimate of drug-likeness (QED) is 0.780. The van der Waals surface area contributed by atoms with Crippen molar-refractivity contribution in [3.05, 3.63) is 0 Å². The Morgan fingerprint density at radius 3 is 2.00 bits per heavy atom. The summed E-state index contributed by atoms with van der Waals surface area (Å²) in [5.74, 6) is 0.854. The van der Waals surface area contributed by atoms with Gasteiger partial charge in [0.1, 0.15) is 0 Å². The summed E-state index contributed by atoms with van der Waals surface area (Å²) in [4.78, 5) is 0. The summed E-state index contributed by atoms with van der Waals surface area (Å²) in [5, 5.41) is 7.04. The van der Waals surface area contributed by atoms with Gasteiger partial charge in [-0.3, -0.25) is 0 Å². The van der Waals surface area contributed by atoms with Crippen LogP contribution in [0.2, 0.25) is 0 Å². The van der Waals surface area contributed by atoms with Crippen molar-refractivity contribution in [3.63, 3.8) is 0 Å². The number of hydrogen-bond donors (Lipinski definition) is 2. The van der Waals surface area contributed by atoms with Crippen molar-refractivity contribution >= 4 is 0 Å². The van der Waals surface area contributed by atoms with Gasteiger partial charge in [-0.2, -0.15) is 0 Å². The molecule has 3 aliphatic heterocycles. The van der Waals surface area contributed by atoms with Crippen LogP contribution in [0.25, 0.3) is 0 Å². The largest absolute Gasteiger partial charge is 0.371 e. The van der Waals surface area contributed by atoms with E-state index in [1.165, 1.54) is 83.7 Å². The molecule has 0 aromatic heterocycles. The zero-order valence-corrected chi connectivity index (χ0v) is 14.2. The lowest BCUT2D eigenvalue weighted by Gasteiger charge is -2.49. The molecule has 3 heteroatoms. The Hall–Kier alpha value is -0.120. The Kier molecular flexibility index (Phi) is 4.49. The molecule has 0 aromatic carbocycles. The van der Waals surface area contributed by atoms with Gasteiger partial charge in [-0.1, -0.05) is 0 Å². The molecule has 0 aromatic rings. The number of rotatable bonds is 1. The summed E-state index contributed by atoms with van der Waals surface area (Å²) in [6, 6.07) is 0. The van der Waals surface area contributed by atoms with Crippen molar-refractivity contribution in [1.29, 1.82) is 0 Å². The highest BCUT2D eigenvalue weighted by Gasteiger charge is 2.43. The van der Waals surface area contributed by atoms with Gasteiger partial charge >= 0.3 is 0 Å². The summed E-state index contributed by atoms with van der Waals surface area (Å²) >= 11 is 0. The lowest BCUT2D eigenvalue weighted by molar-refractivity contribution is -0.166. The van der Waals surface area contributed by atoms with E-state index in [1.54, 1.807) is 0 Å². The predicted molar refractivity (Wildman–Crippen MR) is 90.1 cm³/mol. The van der Waals surface area contributed by atoms with Crippen molar-refractivity contribution in [2.45, 2.75) is 82.3 Å². The molecule has 1 unspecified atom stereocenters. The fourth-order valence-corrected chi connectivity index (χ4v) is 5.73. The van der Waals surface area contributed by atoms with E-state index in [1.807, 2.05) is 0 Å². The Morgan fingerprint density at radius 2 is 1.32 bits per heavy atom. The van der Waals surface area contributed by atoms with Gasteiger partial charge in [0.15, 0.2) is 0 Å². The van der Waals surface area contributed by atoms with E-state index in [2.05, 4.69) is 10.6 Å². The van der Waals surface area contributed by atoms with Crippen LogP contribution in [0.4, 0.5) is 0 Å². The maximum atomic E-state index is 6.78. The zero-order chi connectivity index (χ0) is 14.9. The molecule has 4 aliphatic rings. The fourth-order valence-electron chi connectivity index (χ4n) is 5.73. The van der Waals surface area contributed by atoms with Gasteiger partial charge in [-0.15, -0.1) is 0 Å². The second-order valence-electron chi connectivity index (χ2n) is 8.57. The minimum atomic E-state index is 0.248. The second-order valence-corrected chi connectivity index (χ2v) is 8.57. The Balaban J connectivity index is 1.34. The normalized spacial score (nSPS) is 35.7. The van der Waals surface area contributed by atoms with E-state index < -0.39 is 0 Å². The van der Waals surface area contributed by atoms with Gasteiger partial charge in [-0.25, -0.2) is 0 Å². The lowest BCUT2D eigenvalue weighted by Crippen LogP contribution is -2.50. The molecule has 3 heterocycles. The summed E-state index contributed by atoms with van der Waals surface area (Å²) in [6.07, 6.45) is 15.7. The smallest absolute Gasteiger partial charge is 0.0710 e.